The molecule has 0 radical (unpaired) electrons. The van der Waals surface area contributed by atoms with Crippen LogP contribution in [0.4, 0.5) is 11.4 Å². The monoisotopic (exact) mass is 485 g/mol. The van der Waals surface area contributed by atoms with Gasteiger partial charge < -0.3 is 15.0 Å². The number of hydrogen-bond donors (Lipinski definition) is 1. The zero-order chi connectivity index (χ0) is 24.3. The SMILES string of the molecule is COc1ccc(NC(=O)c2ccc(S(=O)(=O)N3CCCCC3C)cc2)cc1N1CCCCC1=O. The molecular weight excluding hydrogens is 454 g/mol. The number of methoxy groups -OCH3 is 1. The molecule has 0 aliphatic carbocycles. The first-order chi connectivity index (χ1) is 16.3. The molecule has 2 fully saturated rings. The summed E-state index contributed by atoms with van der Waals surface area (Å²) < 4.78 is 33.0. The molecular formula is C25H31N3O5S. The topological polar surface area (TPSA) is 96.0 Å². The Kier molecular flexibility index (Phi) is 7.23. The van der Waals surface area contributed by atoms with Crippen molar-refractivity contribution in [2.45, 2.75) is 56.4 Å². The molecule has 1 unspecified atom stereocenters. The lowest BCUT2D eigenvalue weighted by molar-refractivity contribution is -0.119. The molecule has 1 N–H and O–H groups in total. The molecule has 0 aromatic heterocycles. The first kappa shape index (κ1) is 24.2. The highest BCUT2D eigenvalue weighted by Crippen LogP contribution is 2.34. The summed E-state index contributed by atoms with van der Waals surface area (Å²) in [5.74, 6) is 0.235. The molecule has 8 nitrogen and oxygen atoms in total. The fraction of sp³-hybridized carbons (Fsp3) is 0.440. The van der Waals surface area contributed by atoms with Gasteiger partial charge >= 0.3 is 0 Å². The molecule has 1 atom stereocenters. The molecule has 2 saturated heterocycles. The van der Waals surface area contributed by atoms with Crippen LogP contribution in [0.2, 0.25) is 0 Å². The zero-order valence-corrected chi connectivity index (χ0v) is 20.4. The van der Waals surface area contributed by atoms with E-state index >= 15 is 0 Å². The fourth-order valence-corrected chi connectivity index (χ4v) is 6.28. The molecule has 2 amide bonds. The summed E-state index contributed by atoms with van der Waals surface area (Å²) in [5, 5.41) is 2.84. The van der Waals surface area contributed by atoms with Gasteiger partial charge in [-0.05, 0) is 75.1 Å². The number of hydrogen-bond acceptors (Lipinski definition) is 5. The van der Waals surface area contributed by atoms with Crippen LogP contribution in [-0.4, -0.2) is 50.8 Å². The van der Waals surface area contributed by atoms with Crippen molar-refractivity contribution in [3.05, 3.63) is 48.0 Å². The fourth-order valence-electron chi connectivity index (χ4n) is 4.59. The van der Waals surface area contributed by atoms with Gasteiger partial charge in [-0.1, -0.05) is 6.42 Å². The molecule has 2 aliphatic heterocycles. The van der Waals surface area contributed by atoms with Crippen molar-refractivity contribution in [1.82, 2.24) is 4.31 Å². The van der Waals surface area contributed by atoms with E-state index in [1.807, 2.05) is 6.92 Å². The summed E-state index contributed by atoms with van der Waals surface area (Å²) in [7, 11) is -2.05. The number of benzene rings is 2. The number of piperidine rings is 2. The molecule has 0 spiro atoms. The first-order valence-corrected chi connectivity index (χ1v) is 13.2. The molecule has 0 bridgehead atoms. The number of amides is 2. The summed E-state index contributed by atoms with van der Waals surface area (Å²) in [6, 6.07) is 11.2. The minimum atomic E-state index is -3.59. The predicted molar refractivity (Wildman–Crippen MR) is 131 cm³/mol. The maximum atomic E-state index is 13.0. The summed E-state index contributed by atoms with van der Waals surface area (Å²) >= 11 is 0. The van der Waals surface area contributed by atoms with E-state index in [0.717, 1.165) is 32.1 Å². The average Bonchev–Trinajstić information content (AvgIpc) is 2.84. The van der Waals surface area contributed by atoms with E-state index in [-0.39, 0.29) is 22.8 Å². The molecule has 0 saturated carbocycles. The lowest BCUT2D eigenvalue weighted by atomic mass is 10.1. The molecule has 9 heteroatoms. The molecule has 2 heterocycles. The van der Waals surface area contributed by atoms with Crippen LogP contribution in [-0.2, 0) is 14.8 Å². The predicted octanol–water partition coefficient (Wildman–Crippen LogP) is 4.03. The van der Waals surface area contributed by atoms with Crippen molar-refractivity contribution in [1.29, 1.82) is 0 Å². The Morgan fingerprint density at radius 3 is 2.44 bits per heavy atom. The normalized spacial score (nSPS) is 19.6. The van der Waals surface area contributed by atoms with E-state index in [0.29, 0.717) is 42.2 Å². The van der Waals surface area contributed by atoms with Crippen molar-refractivity contribution in [3.63, 3.8) is 0 Å². The Labute approximate surface area is 200 Å². The van der Waals surface area contributed by atoms with Gasteiger partial charge in [0, 0.05) is 36.8 Å². The van der Waals surface area contributed by atoms with E-state index < -0.39 is 10.0 Å². The van der Waals surface area contributed by atoms with E-state index in [1.54, 1.807) is 34.5 Å². The van der Waals surface area contributed by atoms with Gasteiger partial charge in [0.2, 0.25) is 15.9 Å². The van der Waals surface area contributed by atoms with Crippen LogP contribution < -0.4 is 15.0 Å². The van der Waals surface area contributed by atoms with Crippen molar-refractivity contribution in [2.24, 2.45) is 0 Å². The maximum absolute atomic E-state index is 13.0. The minimum Gasteiger partial charge on any atom is -0.495 e. The molecule has 2 aliphatic rings. The number of carbonyl (C=O) groups excluding carboxylic acids is 2. The quantitative estimate of drug-likeness (QED) is 0.667. The van der Waals surface area contributed by atoms with Gasteiger partial charge in [0.05, 0.1) is 17.7 Å². The second-order valence-corrected chi connectivity index (χ2v) is 10.7. The first-order valence-electron chi connectivity index (χ1n) is 11.7. The summed E-state index contributed by atoms with van der Waals surface area (Å²) in [6.45, 7) is 3.06. The Bertz CT molecular complexity index is 1160. The summed E-state index contributed by atoms with van der Waals surface area (Å²) in [4.78, 5) is 27.1. The third kappa shape index (κ3) is 4.95. The van der Waals surface area contributed by atoms with Gasteiger partial charge in [-0.15, -0.1) is 0 Å². The highest BCUT2D eigenvalue weighted by atomic mass is 32.2. The number of rotatable bonds is 6. The van der Waals surface area contributed by atoms with Gasteiger partial charge in [0.1, 0.15) is 5.75 Å². The van der Waals surface area contributed by atoms with Gasteiger partial charge in [-0.2, -0.15) is 4.31 Å². The van der Waals surface area contributed by atoms with E-state index in [2.05, 4.69) is 5.32 Å². The van der Waals surface area contributed by atoms with E-state index in [1.165, 1.54) is 24.3 Å². The van der Waals surface area contributed by atoms with Gasteiger partial charge in [0.25, 0.3) is 5.91 Å². The number of carbonyl (C=O) groups is 2. The van der Waals surface area contributed by atoms with Crippen LogP contribution in [0.1, 0.15) is 55.8 Å². The lowest BCUT2D eigenvalue weighted by Gasteiger charge is -2.32. The van der Waals surface area contributed by atoms with E-state index in [9.17, 15) is 18.0 Å². The van der Waals surface area contributed by atoms with Crippen LogP contribution >= 0.6 is 0 Å². The van der Waals surface area contributed by atoms with Crippen LogP contribution in [0.3, 0.4) is 0 Å². The van der Waals surface area contributed by atoms with Crippen LogP contribution in [0, 0.1) is 0 Å². The number of sulfonamides is 1. The highest BCUT2D eigenvalue weighted by molar-refractivity contribution is 7.89. The molecule has 34 heavy (non-hydrogen) atoms. The second-order valence-electron chi connectivity index (χ2n) is 8.83. The molecule has 182 valence electrons. The minimum absolute atomic E-state index is 0.0298. The van der Waals surface area contributed by atoms with Crippen molar-refractivity contribution in [2.75, 3.05) is 30.4 Å². The van der Waals surface area contributed by atoms with Gasteiger partial charge in [-0.25, -0.2) is 8.42 Å². The summed E-state index contributed by atoms with van der Waals surface area (Å²) in [5.41, 5.74) is 1.50. The van der Waals surface area contributed by atoms with Gasteiger partial charge in [-0.3, -0.25) is 9.59 Å². The Balaban J connectivity index is 1.51. The van der Waals surface area contributed by atoms with Crippen molar-refractivity contribution < 1.29 is 22.7 Å². The van der Waals surface area contributed by atoms with Gasteiger partial charge in [0.15, 0.2) is 0 Å². The van der Waals surface area contributed by atoms with Crippen LogP contribution in [0.15, 0.2) is 47.4 Å². The average molecular weight is 486 g/mol. The van der Waals surface area contributed by atoms with Crippen LogP contribution in [0.25, 0.3) is 0 Å². The highest BCUT2D eigenvalue weighted by Gasteiger charge is 2.31. The van der Waals surface area contributed by atoms with Crippen molar-refractivity contribution in [3.8, 4) is 5.75 Å². The molecule has 2 aromatic rings. The van der Waals surface area contributed by atoms with Crippen LogP contribution in [0.5, 0.6) is 5.75 Å². The Morgan fingerprint density at radius 1 is 1.03 bits per heavy atom. The second kappa shape index (κ2) is 10.1. The number of nitrogens with one attached hydrogen (secondary N) is 1. The smallest absolute Gasteiger partial charge is 0.255 e. The lowest BCUT2D eigenvalue weighted by Crippen LogP contribution is -2.41. The number of nitrogens with zero attached hydrogens (tertiary/aromatic N) is 2. The summed E-state index contributed by atoms with van der Waals surface area (Å²) in [6.07, 6.45) is 5.02. The zero-order valence-electron chi connectivity index (χ0n) is 19.6. The van der Waals surface area contributed by atoms with Crippen molar-refractivity contribution >= 4 is 33.2 Å². The molecule has 4 rings (SSSR count). The van der Waals surface area contributed by atoms with E-state index in [4.69, 9.17) is 4.74 Å². The number of ether oxygens (including phenoxy) is 1. The third-order valence-electron chi connectivity index (χ3n) is 6.52. The Hall–Kier alpha value is -2.91. The molecule has 2 aromatic carbocycles. The Morgan fingerprint density at radius 2 is 1.76 bits per heavy atom. The standard InChI is InChI=1S/C25H31N3O5S/c1-18-7-3-6-16-28(18)34(31,32)21-12-9-19(10-13-21)25(30)26-20-11-14-23(33-2)22(17-20)27-15-5-4-8-24(27)29/h9-14,17-18H,3-8,15-16H2,1-2H3,(H,26,30). The third-order valence-corrected chi connectivity index (χ3v) is 8.54. The maximum Gasteiger partial charge on any atom is 0.255 e. The largest absolute Gasteiger partial charge is 0.495 e. The number of anilines is 2.